The molecule has 0 N–H and O–H groups in total. The second kappa shape index (κ2) is 17.2. The first-order valence-electron chi connectivity index (χ1n) is 26.3. The Bertz CT molecular complexity index is 4620. The van der Waals surface area contributed by atoms with E-state index in [4.69, 9.17) is 19.7 Å². The van der Waals surface area contributed by atoms with E-state index in [0.717, 1.165) is 144 Å². The Balaban J connectivity index is 1.23. The number of fused-ring (bicyclic) bond motifs is 12. The van der Waals surface area contributed by atoms with Crippen LogP contribution in [0.15, 0.2) is 255 Å². The largest absolute Gasteiger partial charge is 0.497 e. The third-order valence-electron chi connectivity index (χ3n) is 15.7. The summed E-state index contributed by atoms with van der Waals surface area (Å²) < 4.78 is 15.3. The SMILES string of the molecule is COc1ccc(-c2cc(-c3ccccc3)nc(-c3c(-n4c5ccccc5c5ccccc54)c(-n4c5ccccc5c5ccccc54)nc(-n4c5ccccc5c5ccccc54)c3-n3c4ccccc4c4ccccc43)n2)cc1. The first kappa shape index (κ1) is 43.8. The zero-order valence-electron chi connectivity index (χ0n) is 42.3. The van der Waals surface area contributed by atoms with Crippen LogP contribution >= 0.6 is 0 Å². The van der Waals surface area contributed by atoms with Gasteiger partial charge < -0.3 is 13.9 Å². The molecule has 366 valence electrons. The second-order valence-corrected chi connectivity index (χ2v) is 19.9. The maximum atomic E-state index is 6.38. The fourth-order valence-electron chi connectivity index (χ4n) is 12.3. The number of hydrogen-bond acceptors (Lipinski definition) is 4. The van der Waals surface area contributed by atoms with Crippen LogP contribution in [0.2, 0.25) is 0 Å². The molecule has 0 spiro atoms. The number of ether oxygens (including phenoxy) is 1. The van der Waals surface area contributed by atoms with E-state index >= 15 is 0 Å². The van der Waals surface area contributed by atoms with E-state index < -0.39 is 0 Å². The summed E-state index contributed by atoms with van der Waals surface area (Å²) in [6.07, 6.45) is 0. The van der Waals surface area contributed by atoms with Crippen LogP contribution < -0.4 is 4.74 Å². The highest BCUT2D eigenvalue weighted by atomic mass is 16.5. The molecule has 0 unspecified atom stereocenters. The first-order valence-corrected chi connectivity index (χ1v) is 26.3. The average Bonchev–Trinajstić information content (AvgIpc) is 4.13. The van der Waals surface area contributed by atoms with Crippen LogP contribution in [0.5, 0.6) is 5.75 Å². The molecule has 0 atom stereocenters. The van der Waals surface area contributed by atoms with Gasteiger partial charge in [-0.25, -0.2) is 15.0 Å². The standard InChI is InChI=1S/C70H45N7O/c1-78-46-41-39-45(40-42-46)56-43-55(44-21-3-2-4-22-44)71-68(72-56)65-66(74-57-31-13-5-23-47(57)48-24-6-14-32-58(48)74)69(76-61-35-17-9-27-51(61)52-28-10-18-36-62(52)76)73-70(77-63-37-19-11-29-53(63)54-30-12-20-38-64(54)77)67(65)75-59-33-15-7-25-49(59)50-26-8-16-34-60(50)75/h2-43H,1H3. The molecule has 78 heavy (non-hydrogen) atoms. The number of para-hydroxylation sites is 8. The Morgan fingerprint density at radius 1 is 0.282 bits per heavy atom. The van der Waals surface area contributed by atoms with Crippen molar-refractivity contribution in [1.82, 2.24) is 33.2 Å². The summed E-state index contributed by atoms with van der Waals surface area (Å²) in [6, 6.07) is 90.5. The summed E-state index contributed by atoms with van der Waals surface area (Å²) in [4.78, 5) is 18.1. The van der Waals surface area contributed by atoms with Crippen LogP contribution in [0.3, 0.4) is 0 Å². The Morgan fingerprint density at radius 2 is 0.564 bits per heavy atom. The predicted octanol–water partition coefficient (Wildman–Crippen LogP) is 17.3. The molecule has 0 saturated heterocycles. The fourth-order valence-corrected chi connectivity index (χ4v) is 12.3. The summed E-state index contributed by atoms with van der Waals surface area (Å²) in [6.45, 7) is 0. The van der Waals surface area contributed by atoms with Crippen LogP contribution in [0.4, 0.5) is 0 Å². The predicted molar refractivity (Wildman–Crippen MR) is 320 cm³/mol. The third-order valence-corrected chi connectivity index (χ3v) is 15.7. The van der Waals surface area contributed by atoms with Gasteiger partial charge in [0.05, 0.1) is 68.2 Å². The van der Waals surface area contributed by atoms with Crippen molar-refractivity contribution in [2.45, 2.75) is 0 Å². The minimum Gasteiger partial charge on any atom is -0.497 e. The molecule has 0 aliphatic carbocycles. The Labute approximate surface area is 447 Å². The van der Waals surface area contributed by atoms with Crippen molar-refractivity contribution in [3.8, 4) is 62.7 Å². The maximum absolute atomic E-state index is 6.38. The molecular weight excluding hydrogens is 955 g/mol. The third kappa shape index (κ3) is 6.44. The monoisotopic (exact) mass is 999 g/mol. The van der Waals surface area contributed by atoms with Gasteiger partial charge in [-0.15, -0.1) is 0 Å². The molecule has 0 aliphatic rings. The van der Waals surface area contributed by atoms with Crippen LogP contribution in [0.1, 0.15) is 0 Å². The van der Waals surface area contributed by atoms with Crippen LogP contribution in [0.25, 0.3) is 144 Å². The van der Waals surface area contributed by atoms with E-state index in [0.29, 0.717) is 5.82 Å². The summed E-state index contributed by atoms with van der Waals surface area (Å²) in [5.41, 5.74) is 14.1. The lowest BCUT2D eigenvalue weighted by atomic mass is 10.0. The number of rotatable bonds is 8. The van der Waals surface area contributed by atoms with Crippen molar-refractivity contribution in [1.29, 1.82) is 0 Å². The van der Waals surface area contributed by atoms with Crippen molar-refractivity contribution in [2.24, 2.45) is 0 Å². The van der Waals surface area contributed by atoms with Crippen LogP contribution in [0, 0.1) is 0 Å². The lowest BCUT2D eigenvalue weighted by Crippen LogP contribution is -2.17. The summed E-state index contributed by atoms with van der Waals surface area (Å²) in [5, 5.41) is 8.98. The molecule has 8 heteroatoms. The Kier molecular flexibility index (Phi) is 9.68. The average molecular weight is 1000 g/mol. The molecule has 0 bridgehead atoms. The van der Waals surface area contributed by atoms with Crippen molar-refractivity contribution in [3.05, 3.63) is 255 Å². The molecule has 0 radical (unpaired) electrons. The van der Waals surface area contributed by atoms with Crippen LogP contribution in [-0.2, 0) is 0 Å². The van der Waals surface area contributed by atoms with Crippen molar-refractivity contribution >= 4 is 87.2 Å². The first-order chi connectivity index (χ1) is 38.7. The van der Waals surface area contributed by atoms with Gasteiger partial charge >= 0.3 is 0 Å². The van der Waals surface area contributed by atoms with Gasteiger partial charge in [-0.05, 0) is 78.9 Å². The Hall–Kier alpha value is -10.6. The van der Waals surface area contributed by atoms with Gasteiger partial charge in [-0.3, -0.25) is 9.13 Å². The molecule has 6 heterocycles. The number of methoxy groups -OCH3 is 1. The quantitative estimate of drug-likeness (QED) is 0.152. The van der Waals surface area contributed by atoms with Gasteiger partial charge in [-0.2, -0.15) is 0 Å². The molecule has 6 aromatic heterocycles. The molecule has 8 nitrogen and oxygen atoms in total. The molecule has 0 aliphatic heterocycles. The van der Waals surface area contributed by atoms with Crippen molar-refractivity contribution in [2.75, 3.05) is 7.11 Å². The number of benzene rings is 10. The highest BCUT2D eigenvalue weighted by Crippen LogP contribution is 2.49. The lowest BCUT2D eigenvalue weighted by molar-refractivity contribution is 0.415. The number of nitrogens with zero attached hydrogens (tertiary/aromatic N) is 7. The highest BCUT2D eigenvalue weighted by Gasteiger charge is 2.34. The summed E-state index contributed by atoms with van der Waals surface area (Å²) in [7, 11) is 1.70. The second-order valence-electron chi connectivity index (χ2n) is 19.9. The normalized spacial score (nSPS) is 11.9. The van der Waals surface area contributed by atoms with E-state index in [1.807, 2.05) is 12.1 Å². The van der Waals surface area contributed by atoms with Crippen LogP contribution in [-0.4, -0.2) is 40.3 Å². The molecule has 0 amide bonds. The summed E-state index contributed by atoms with van der Waals surface area (Å²) in [5.74, 6) is 2.73. The van der Waals surface area contributed by atoms with E-state index in [1.165, 1.54) is 0 Å². The molecule has 16 rings (SSSR count). The molecule has 10 aromatic carbocycles. The van der Waals surface area contributed by atoms with E-state index in [2.05, 4.69) is 261 Å². The van der Waals surface area contributed by atoms with E-state index in [-0.39, 0.29) is 0 Å². The van der Waals surface area contributed by atoms with Gasteiger partial charge in [-0.1, -0.05) is 176 Å². The zero-order valence-corrected chi connectivity index (χ0v) is 42.3. The fraction of sp³-hybridized carbons (Fsp3) is 0.0143. The lowest BCUT2D eigenvalue weighted by Gasteiger charge is -2.26. The van der Waals surface area contributed by atoms with Crippen molar-refractivity contribution in [3.63, 3.8) is 0 Å². The molecule has 0 fully saturated rings. The Morgan fingerprint density at radius 3 is 0.885 bits per heavy atom. The van der Waals surface area contributed by atoms with Gasteiger partial charge in [0, 0.05) is 54.2 Å². The minimum atomic E-state index is 0.530. The van der Waals surface area contributed by atoms with Gasteiger partial charge in [0.1, 0.15) is 17.1 Å². The number of hydrogen-bond donors (Lipinski definition) is 0. The smallest absolute Gasteiger partial charge is 0.165 e. The topological polar surface area (TPSA) is 67.6 Å². The summed E-state index contributed by atoms with van der Waals surface area (Å²) >= 11 is 0. The molecule has 0 saturated carbocycles. The minimum absolute atomic E-state index is 0.530. The highest BCUT2D eigenvalue weighted by molar-refractivity contribution is 6.15. The van der Waals surface area contributed by atoms with Gasteiger partial charge in [0.25, 0.3) is 0 Å². The number of aromatic nitrogens is 7. The van der Waals surface area contributed by atoms with E-state index in [1.54, 1.807) is 7.11 Å². The molecule has 16 aromatic rings. The number of pyridine rings is 1. The zero-order chi connectivity index (χ0) is 51.4. The van der Waals surface area contributed by atoms with Crippen molar-refractivity contribution < 1.29 is 4.74 Å². The molecular formula is C70H45N7O. The van der Waals surface area contributed by atoms with Gasteiger partial charge in [0.15, 0.2) is 17.5 Å². The van der Waals surface area contributed by atoms with E-state index in [9.17, 15) is 0 Å². The maximum Gasteiger partial charge on any atom is 0.165 e. The van der Waals surface area contributed by atoms with Gasteiger partial charge in [0.2, 0.25) is 0 Å².